The van der Waals surface area contributed by atoms with Crippen molar-refractivity contribution in [2.45, 2.75) is 31.7 Å². The topological polar surface area (TPSA) is 67.9 Å². The molecule has 0 aromatic rings. The van der Waals surface area contributed by atoms with Crippen LogP contribution in [-0.2, 0) is 4.74 Å². The average molecular weight is 211 g/mol. The summed E-state index contributed by atoms with van der Waals surface area (Å²) in [5.41, 5.74) is 5.54. The molecule has 0 saturated carbocycles. The Kier molecular flexibility index (Phi) is 2.65. The number of hydrogen-bond donors (Lipinski definition) is 1. The quantitative estimate of drug-likeness (QED) is 0.695. The van der Waals surface area contributed by atoms with Gasteiger partial charge < -0.3 is 15.4 Å². The van der Waals surface area contributed by atoms with Gasteiger partial charge in [0.15, 0.2) is 0 Å². The largest absolute Gasteiger partial charge is 0.385 e. The number of aliphatic imine (C=N–C) groups is 1. The summed E-state index contributed by atoms with van der Waals surface area (Å²) < 4.78 is 5.41. The number of likely N-dealkylation sites (N-methyl/N-ethyl adjacent to an activating group) is 1. The molecule has 5 nitrogen and oxygen atoms in total. The molecule has 1 saturated heterocycles. The van der Waals surface area contributed by atoms with Crippen molar-refractivity contribution < 1.29 is 9.53 Å². The van der Waals surface area contributed by atoms with Gasteiger partial charge in [0.1, 0.15) is 11.4 Å². The first-order valence-corrected chi connectivity index (χ1v) is 5.45. The van der Waals surface area contributed by atoms with Crippen LogP contribution in [0.4, 0.5) is 4.79 Å². The second-order valence-corrected chi connectivity index (χ2v) is 4.02. The van der Waals surface area contributed by atoms with E-state index in [0.717, 1.165) is 25.9 Å². The number of hydrogen-bond acceptors (Lipinski definition) is 3. The van der Waals surface area contributed by atoms with Crippen molar-refractivity contribution >= 4 is 11.9 Å². The summed E-state index contributed by atoms with van der Waals surface area (Å²) in [5.74, 6) is 0.472. The molecule has 15 heavy (non-hydrogen) atoms. The second-order valence-electron chi connectivity index (χ2n) is 4.02. The summed E-state index contributed by atoms with van der Waals surface area (Å²) in [5, 5.41) is 0. The van der Waals surface area contributed by atoms with E-state index in [2.05, 4.69) is 4.99 Å². The maximum atomic E-state index is 11.6. The molecule has 2 heterocycles. The van der Waals surface area contributed by atoms with Crippen LogP contribution in [0.1, 0.15) is 26.2 Å². The third-order valence-corrected chi connectivity index (χ3v) is 3.30. The lowest BCUT2D eigenvalue weighted by Crippen LogP contribution is -2.54. The summed E-state index contributed by atoms with van der Waals surface area (Å²) >= 11 is 0. The van der Waals surface area contributed by atoms with Gasteiger partial charge >= 0.3 is 6.03 Å². The number of amidine groups is 1. The van der Waals surface area contributed by atoms with Gasteiger partial charge in [0.25, 0.3) is 0 Å². The molecule has 2 amide bonds. The number of urea groups is 1. The lowest BCUT2D eigenvalue weighted by Gasteiger charge is -2.36. The lowest BCUT2D eigenvalue weighted by atomic mass is 9.88. The van der Waals surface area contributed by atoms with Gasteiger partial charge in [-0.3, -0.25) is 0 Å². The molecule has 0 radical (unpaired) electrons. The molecule has 2 aliphatic heterocycles. The standard InChI is InChI=1S/C10H17N3O2/c1-2-13-9(14)12-8(11)10(13)4-3-6-15-7-5-10/h2-7H2,1H3,(H2,11,12,14). The summed E-state index contributed by atoms with van der Waals surface area (Å²) in [4.78, 5) is 17.3. The molecule has 1 unspecified atom stereocenters. The highest BCUT2D eigenvalue weighted by Gasteiger charge is 2.47. The van der Waals surface area contributed by atoms with Crippen LogP contribution >= 0.6 is 0 Å². The van der Waals surface area contributed by atoms with Crippen LogP contribution in [0.5, 0.6) is 0 Å². The van der Waals surface area contributed by atoms with E-state index >= 15 is 0 Å². The van der Waals surface area contributed by atoms with E-state index in [0.29, 0.717) is 19.0 Å². The molecule has 2 N–H and O–H groups in total. The molecule has 2 aliphatic rings. The molecule has 0 bridgehead atoms. The lowest BCUT2D eigenvalue weighted by molar-refractivity contribution is 0.127. The molecule has 1 atom stereocenters. The Morgan fingerprint density at radius 3 is 3.07 bits per heavy atom. The normalized spacial score (nSPS) is 31.9. The Morgan fingerprint density at radius 1 is 1.53 bits per heavy atom. The van der Waals surface area contributed by atoms with Crippen LogP contribution in [-0.4, -0.2) is 42.1 Å². The zero-order chi connectivity index (χ0) is 10.9. The SMILES string of the molecule is CCN1C(=O)N=C(N)C12CCCOCC2. The predicted octanol–water partition coefficient (Wildman–Crippen LogP) is 0.738. The van der Waals surface area contributed by atoms with E-state index in [1.807, 2.05) is 6.92 Å². The van der Waals surface area contributed by atoms with Crippen LogP contribution < -0.4 is 5.73 Å². The molecular weight excluding hydrogens is 194 g/mol. The monoisotopic (exact) mass is 211 g/mol. The average Bonchev–Trinajstić information content (AvgIpc) is 2.42. The van der Waals surface area contributed by atoms with Gasteiger partial charge in [-0.25, -0.2) is 4.79 Å². The molecule has 0 aromatic carbocycles. The van der Waals surface area contributed by atoms with Gasteiger partial charge in [-0.1, -0.05) is 0 Å². The third kappa shape index (κ3) is 1.51. The summed E-state index contributed by atoms with van der Waals surface area (Å²) in [7, 11) is 0. The summed E-state index contributed by atoms with van der Waals surface area (Å²) in [6.45, 7) is 4.02. The fraction of sp³-hybridized carbons (Fsp3) is 0.800. The van der Waals surface area contributed by atoms with Gasteiger partial charge in [-0.15, -0.1) is 0 Å². The van der Waals surface area contributed by atoms with Gasteiger partial charge in [0.05, 0.1) is 0 Å². The Hall–Kier alpha value is -1.10. The fourth-order valence-corrected chi connectivity index (χ4v) is 2.49. The number of rotatable bonds is 1. The first-order valence-electron chi connectivity index (χ1n) is 5.45. The third-order valence-electron chi connectivity index (χ3n) is 3.30. The molecular formula is C10H17N3O2. The second kappa shape index (κ2) is 3.81. The maximum Gasteiger partial charge on any atom is 0.346 e. The van der Waals surface area contributed by atoms with E-state index in [4.69, 9.17) is 10.5 Å². The van der Waals surface area contributed by atoms with E-state index in [1.165, 1.54) is 0 Å². The van der Waals surface area contributed by atoms with Crippen molar-refractivity contribution in [3.05, 3.63) is 0 Å². The summed E-state index contributed by atoms with van der Waals surface area (Å²) in [6, 6.07) is -0.197. The van der Waals surface area contributed by atoms with Gasteiger partial charge in [-0.2, -0.15) is 4.99 Å². The highest BCUT2D eigenvalue weighted by molar-refractivity contribution is 6.05. The Bertz CT molecular complexity index is 293. The van der Waals surface area contributed by atoms with Gasteiger partial charge in [0.2, 0.25) is 0 Å². The highest BCUT2D eigenvalue weighted by Crippen LogP contribution is 2.33. The zero-order valence-corrected chi connectivity index (χ0v) is 9.03. The number of carbonyl (C=O) groups excluding carboxylic acids is 1. The van der Waals surface area contributed by atoms with E-state index in [9.17, 15) is 4.79 Å². The van der Waals surface area contributed by atoms with Crippen LogP contribution in [0, 0.1) is 0 Å². The molecule has 5 heteroatoms. The fourth-order valence-electron chi connectivity index (χ4n) is 2.49. The van der Waals surface area contributed by atoms with Crippen LogP contribution in [0.25, 0.3) is 0 Å². The minimum absolute atomic E-state index is 0.197. The number of nitrogens with zero attached hydrogens (tertiary/aromatic N) is 2. The van der Waals surface area contributed by atoms with E-state index < -0.39 is 0 Å². The first-order chi connectivity index (χ1) is 7.20. The van der Waals surface area contributed by atoms with E-state index in [1.54, 1.807) is 4.90 Å². The maximum absolute atomic E-state index is 11.6. The van der Waals surface area contributed by atoms with Crippen LogP contribution in [0.2, 0.25) is 0 Å². The molecule has 1 spiro atoms. The summed E-state index contributed by atoms with van der Waals surface area (Å²) in [6.07, 6.45) is 2.56. The minimum Gasteiger partial charge on any atom is -0.385 e. The Balaban J connectivity index is 2.29. The molecule has 84 valence electrons. The van der Waals surface area contributed by atoms with Crippen molar-refractivity contribution in [1.82, 2.24) is 4.90 Å². The molecule has 2 rings (SSSR count). The first kappa shape index (κ1) is 10.4. The Labute approximate surface area is 89.3 Å². The van der Waals surface area contributed by atoms with Gasteiger partial charge in [0, 0.05) is 26.2 Å². The minimum atomic E-state index is -0.359. The van der Waals surface area contributed by atoms with Crippen molar-refractivity contribution in [1.29, 1.82) is 0 Å². The number of ether oxygens (including phenoxy) is 1. The van der Waals surface area contributed by atoms with Crippen LogP contribution in [0.3, 0.4) is 0 Å². The van der Waals surface area contributed by atoms with Gasteiger partial charge in [-0.05, 0) is 19.8 Å². The number of carbonyl (C=O) groups is 1. The van der Waals surface area contributed by atoms with Crippen molar-refractivity contribution in [2.24, 2.45) is 10.7 Å². The van der Waals surface area contributed by atoms with Crippen molar-refractivity contribution in [2.75, 3.05) is 19.8 Å². The predicted molar refractivity (Wildman–Crippen MR) is 56.8 cm³/mol. The zero-order valence-electron chi connectivity index (χ0n) is 9.03. The molecule has 0 aromatic heterocycles. The number of nitrogens with two attached hydrogens (primary N) is 1. The Morgan fingerprint density at radius 2 is 2.33 bits per heavy atom. The number of amides is 2. The smallest absolute Gasteiger partial charge is 0.346 e. The molecule has 0 aliphatic carbocycles. The highest BCUT2D eigenvalue weighted by atomic mass is 16.5. The van der Waals surface area contributed by atoms with Crippen molar-refractivity contribution in [3.8, 4) is 0 Å². The van der Waals surface area contributed by atoms with Crippen molar-refractivity contribution in [3.63, 3.8) is 0 Å². The molecule has 1 fully saturated rings. The van der Waals surface area contributed by atoms with Crippen LogP contribution in [0.15, 0.2) is 4.99 Å². The van der Waals surface area contributed by atoms with E-state index in [-0.39, 0.29) is 11.6 Å².